The maximum atomic E-state index is 5.84. The Bertz CT molecular complexity index is 922. The highest BCUT2D eigenvalue weighted by Gasteiger charge is 2.19. The van der Waals surface area contributed by atoms with Gasteiger partial charge in [-0.1, -0.05) is 63.2 Å². The lowest BCUT2D eigenvalue weighted by atomic mass is 9.94. The monoisotopic (exact) mass is 492 g/mol. The Kier molecular flexibility index (Phi) is 7.86. The highest BCUT2D eigenvalue weighted by molar-refractivity contribution is 14.0. The Morgan fingerprint density at radius 3 is 2.54 bits per heavy atom. The van der Waals surface area contributed by atoms with Crippen molar-refractivity contribution in [3.63, 3.8) is 0 Å². The van der Waals surface area contributed by atoms with E-state index in [4.69, 9.17) is 9.41 Å². The van der Waals surface area contributed by atoms with Crippen molar-refractivity contribution < 1.29 is 4.42 Å². The van der Waals surface area contributed by atoms with Gasteiger partial charge in [-0.25, -0.2) is 9.98 Å². The number of benzene rings is 2. The summed E-state index contributed by atoms with van der Waals surface area (Å²) in [6.07, 6.45) is 1.80. The zero-order valence-electron chi connectivity index (χ0n) is 17.0. The van der Waals surface area contributed by atoms with Gasteiger partial charge in [-0.05, 0) is 23.3 Å². The molecule has 0 bridgehead atoms. The topological polar surface area (TPSA) is 62.5 Å². The molecule has 1 aromatic heterocycles. The molecule has 0 aliphatic rings. The normalized spacial score (nSPS) is 11.9. The summed E-state index contributed by atoms with van der Waals surface area (Å²) < 4.78 is 5.84. The van der Waals surface area contributed by atoms with Crippen molar-refractivity contribution in [1.29, 1.82) is 0 Å². The van der Waals surface area contributed by atoms with Crippen molar-refractivity contribution in [3.8, 4) is 0 Å². The molecule has 0 unspecified atom stereocenters. The number of fused-ring (bicyclic) bond motifs is 1. The molecule has 3 aromatic rings. The second-order valence-corrected chi connectivity index (χ2v) is 7.56. The van der Waals surface area contributed by atoms with Gasteiger partial charge in [-0.15, -0.1) is 24.0 Å². The summed E-state index contributed by atoms with van der Waals surface area (Å²) in [7, 11) is 0. The van der Waals surface area contributed by atoms with Crippen LogP contribution in [0.2, 0.25) is 0 Å². The van der Waals surface area contributed by atoms with Crippen LogP contribution in [0.5, 0.6) is 0 Å². The second-order valence-electron chi connectivity index (χ2n) is 7.56. The maximum Gasteiger partial charge on any atom is 0.213 e. The summed E-state index contributed by atoms with van der Waals surface area (Å²) in [5.41, 5.74) is 1.16. The Hall–Kier alpha value is -2.09. The van der Waals surface area contributed by atoms with Crippen molar-refractivity contribution in [2.45, 2.75) is 46.2 Å². The van der Waals surface area contributed by atoms with Crippen LogP contribution in [-0.2, 0) is 18.5 Å². The van der Waals surface area contributed by atoms with E-state index in [2.05, 4.69) is 85.8 Å². The zero-order chi connectivity index (χ0) is 19.3. The molecule has 6 heteroatoms. The summed E-state index contributed by atoms with van der Waals surface area (Å²) in [5, 5.41) is 9.05. The van der Waals surface area contributed by atoms with Gasteiger partial charge in [0.05, 0.1) is 19.3 Å². The van der Waals surface area contributed by atoms with Crippen LogP contribution in [0.1, 0.15) is 44.9 Å². The van der Waals surface area contributed by atoms with E-state index in [1.165, 1.54) is 16.3 Å². The van der Waals surface area contributed by atoms with E-state index in [9.17, 15) is 0 Å². The number of nitrogens with zero attached hydrogens (tertiary/aromatic N) is 2. The molecule has 2 N–H and O–H groups in total. The quantitative estimate of drug-likeness (QED) is 0.299. The van der Waals surface area contributed by atoms with Gasteiger partial charge in [0, 0.05) is 12.0 Å². The van der Waals surface area contributed by atoms with Crippen LogP contribution in [0.4, 0.5) is 0 Å². The molecule has 0 radical (unpaired) electrons. The molecule has 28 heavy (non-hydrogen) atoms. The van der Waals surface area contributed by atoms with Gasteiger partial charge in [-0.2, -0.15) is 0 Å². The zero-order valence-corrected chi connectivity index (χ0v) is 19.3. The Labute approximate surface area is 184 Å². The van der Waals surface area contributed by atoms with Crippen molar-refractivity contribution >= 4 is 40.7 Å². The van der Waals surface area contributed by atoms with Gasteiger partial charge in [0.2, 0.25) is 5.89 Å². The number of nitrogens with one attached hydrogen (secondary N) is 2. The second kappa shape index (κ2) is 9.91. The SMILES string of the molecule is CCNC(=NCc1cccc2ccccc12)NCc1ncc(C(C)(C)C)o1.I. The van der Waals surface area contributed by atoms with E-state index in [1.54, 1.807) is 6.20 Å². The third-order valence-corrected chi connectivity index (χ3v) is 4.33. The number of hydrogen-bond acceptors (Lipinski definition) is 3. The van der Waals surface area contributed by atoms with Crippen molar-refractivity contribution in [2.75, 3.05) is 6.54 Å². The van der Waals surface area contributed by atoms with E-state index >= 15 is 0 Å². The first-order chi connectivity index (χ1) is 13.0. The molecular weight excluding hydrogens is 463 g/mol. The van der Waals surface area contributed by atoms with E-state index in [-0.39, 0.29) is 29.4 Å². The fourth-order valence-corrected chi connectivity index (χ4v) is 2.83. The van der Waals surface area contributed by atoms with E-state index in [1.807, 2.05) is 0 Å². The molecule has 0 aliphatic carbocycles. The van der Waals surface area contributed by atoms with Crippen molar-refractivity contribution in [3.05, 3.63) is 65.9 Å². The predicted octanol–water partition coefficient (Wildman–Crippen LogP) is 5.00. The van der Waals surface area contributed by atoms with Crippen molar-refractivity contribution in [1.82, 2.24) is 15.6 Å². The molecule has 0 amide bonds. The molecule has 0 fully saturated rings. The number of hydrogen-bond donors (Lipinski definition) is 2. The first-order valence-electron chi connectivity index (χ1n) is 9.41. The van der Waals surface area contributed by atoms with Gasteiger partial charge in [0.25, 0.3) is 0 Å². The van der Waals surface area contributed by atoms with Crippen LogP contribution in [-0.4, -0.2) is 17.5 Å². The van der Waals surface area contributed by atoms with E-state index < -0.39 is 0 Å². The lowest BCUT2D eigenvalue weighted by Gasteiger charge is -2.13. The molecule has 0 saturated carbocycles. The van der Waals surface area contributed by atoms with Crippen LogP contribution in [0.15, 0.2) is 58.1 Å². The minimum atomic E-state index is -0.0434. The van der Waals surface area contributed by atoms with Gasteiger partial charge < -0.3 is 15.1 Å². The number of rotatable bonds is 5. The smallest absolute Gasteiger partial charge is 0.213 e. The average molecular weight is 492 g/mol. The van der Waals surface area contributed by atoms with Crippen LogP contribution in [0.3, 0.4) is 0 Å². The van der Waals surface area contributed by atoms with Crippen LogP contribution in [0.25, 0.3) is 10.8 Å². The van der Waals surface area contributed by atoms with Crippen LogP contribution in [0, 0.1) is 0 Å². The summed E-state index contributed by atoms with van der Waals surface area (Å²) in [6, 6.07) is 14.7. The molecule has 0 atom stereocenters. The first-order valence-corrected chi connectivity index (χ1v) is 9.41. The number of halogens is 1. The molecule has 3 rings (SSSR count). The number of guanidine groups is 1. The first kappa shape index (κ1) is 22.2. The van der Waals surface area contributed by atoms with E-state index in [0.29, 0.717) is 19.0 Å². The third-order valence-electron chi connectivity index (χ3n) is 4.33. The summed E-state index contributed by atoms with van der Waals surface area (Å²) >= 11 is 0. The maximum absolute atomic E-state index is 5.84. The number of aromatic nitrogens is 1. The minimum absolute atomic E-state index is 0. The molecule has 2 aromatic carbocycles. The standard InChI is InChI=1S/C22H28N4O.HI/c1-5-23-21(26-15-20-24-14-19(27-20)22(2,3)4)25-13-17-11-8-10-16-9-6-7-12-18(16)17;/h6-12,14H,5,13,15H2,1-4H3,(H2,23,25,26);1H. The molecule has 5 nitrogen and oxygen atoms in total. The highest BCUT2D eigenvalue weighted by Crippen LogP contribution is 2.22. The molecule has 0 spiro atoms. The number of oxazole rings is 1. The highest BCUT2D eigenvalue weighted by atomic mass is 127. The average Bonchev–Trinajstić information content (AvgIpc) is 3.13. The molecule has 0 saturated heterocycles. The lowest BCUT2D eigenvalue weighted by molar-refractivity contribution is 0.379. The lowest BCUT2D eigenvalue weighted by Crippen LogP contribution is -2.36. The molecule has 0 aliphatic heterocycles. The Balaban J connectivity index is 0.00000280. The van der Waals surface area contributed by atoms with Gasteiger partial charge in [-0.3, -0.25) is 0 Å². The summed E-state index contributed by atoms with van der Waals surface area (Å²) in [5.74, 6) is 2.30. The predicted molar refractivity (Wildman–Crippen MR) is 126 cm³/mol. The third kappa shape index (κ3) is 5.70. The van der Waals surface area contributed by atoms with Crippen molar-refractivity contribution in [2.24, 2.45) is 4.99 Å². The summed E-state index contributed by atoms with van der Waals surface area (Å²) in [6.45, 7) is 10.3. The Morgan fingerprint density at radius 1 is 1.07 bits per heavy atom. The fraction of sp³-hybridized carbons (Fsp3) is 0.364. The van der Waals surface area contributed by atoms with Gasteiger partial charge in [0.15, 0.2) is 5.96 Å². The Morgan fingerprint density at radius 2 is 1.82 bits per heavy atom. The van der Waals surface area contributed by atoms with Gasteiger partial charge in [0.1, 0.15) is 5.76 Å². The molecular formula is C22H29IN4O. The fourth-order valence-electron chi connectivity index (χ4n) is 2.83. The molecule has 1 heterocycles. The van der Waals surface area contributed by atoms with Gasteiger partial charge >= 0.3 is 0 Å². The minimum Gasteiger partial charge on any atom is -0.443 e. The largest absolute Gasteiger partial charge is 0.443 e. The number of aliphatic imine (C=N–C) groups is 1. The van der Waals surface area contributed by atoms with Crippen LogP contribution < -0.4 is 10.6 Å². The van der Waals surface area contributed by atoms with E-state index in [0.717, 1.165) is 18.3 Å². The van der Waals surface area contributed by atoms with Crippen LogP contribution >= 0.6 is 24.0 Å². The molecule has 150 valence electrons. The summed E-state index contributed by atoms with van der Waals surface area (Å²) in [4.78, 5) is 9.09.